The third-order valence-corrected chi connectivity index (χ3v) is 8.77. The van der Waals surface area contributed by atoms with Gasteiger partial charge in [0, 0.05) is 22.1 Å². The van der Waals surface area contributed by atoms with Crippen LogP contribution in [0.1, 0.15) is 23.3 Å². The standard InChI is InChI=1S/C48H30O/c1-3-13-31(14-4-1)35-27-28-42-44(30-35)49-48(36-26-25-33-24-23-32-15-7-8-18-37(32)43(33)29-36)47(42)46-40-21-11-9-19-38(40)45(34-16-5-2-6-17-34)39-20-10-12-22-41(39)46/h1-30H/i7D,8D,9D,10D,11D,12D,15D,18D,19D,20D,21D,22D,23D,24D,25D,26D,29D. The van der Waals surface area contributed by atoms with E-state index < -0.39 is 114 Å². The molecule has 0 bridgehead atoms. The SMILES string of the molecule is [2H]c1c([2H])c([2H])c2c(-c3c(-c4c([2H])c([2H])c5c([2H])c([2H])c6c([2H])c([2H])c([2H])c([2H])c6c5c4[2H])oc4cc(-c5ccccc5)ccc34)c3c([2H])c([2H])c([2H])c([2H])c3c(-c3ccccc3)c2c1[2H]. The van der Waals surface area contributed by atoms with Crippen molar-refractivity contribution in [2.24, 2.45) is 0 Å². The van der Waals surface area contributed by atoms with E-state index in [1.54, 1.807) is 48.5 Å². The van der Waals surface area contributed by atoms with Crippen LogP contribution in [0.25, 0.3) is 98.8 Å². The molecule has 0 aliphatic carbocycles. The van der Waals surface area contributed by atoms with Crippen LogP contribution >= 0.6 is 0 Å². The summed E-state index contributed by atoms with van der Waals surface area (Å²) in [6.07, 6.45) is 0. The third kappa shape index (κ3) is 4.40. The molecule has 1 heteroatoms. The van der Waals surface area contributed by atoms with Gasteiger partial charge in [-0.25, -0.2) is 0 Å². The van der Waals surface area contributed by atoms with Gasteiger partial charge in [0.1, 0.15) is 11.3 Å². The summed E-state index contributed by atoms with van der Waals surface area (Å²) in [5, 5.41) is -1.78. The van der Waals surface area contributed by atoms with Gasteiger partial charge in [-0.1, -0.05) is 163 Å². The van der Waals surface area contributed by atoms with Crippen LogP contribution in [0.3, 0.4) is 0 Å². The Labute approximate surface area is 308 Å². The van der Waals surface area contributed by atoms with Crippen molar-refractivity contribution in [3.8, 4) is 44.7 Å². The molecular formula is C48H30O. The topological polar surface area (TPSA) is 13.1 Å². The molecule has 49 heavy (non-hydrogen) atoms. The Kier molecular flexibility index (Phi) is 3.54. The predicted molar refractivity (Wildman–Crippen MR) is 208 cm³/mol. The maximum atomic E-state index is 9.91. The molecule has 1 heterocycles. The number of hydrogen-bond acceptors (Lipinski definition) is 1. The summed E-state index contributed by atoms with van der Waals surface area (Å²) < 4.78 is 162. The highest BCUT2D eigenvalue weighted by atomic mass is 16.3. The van der Waals surface area contributed by atoms with Gasteiger partial charge in [-0.3, -0.25) is 0 Å². The molecule has 0 atom stereocenters. The maximum Gasteiger partial charge on any atom is 0.143 e. The van der Waals surface area contributed by atoms with Gasteiger partial charge in [0.15, 0.2) is 0 Å². The van der Waals surface area contributed by atoms with Gasteiger partial charge in [0.25, 0.3) is 0 Å². The highest BCUT2D eigenvalue weighted by Crippen LogP contribution is 2.50. The molecule has 0 fully saturated rings. The molecule has 0 saturated carbocycles. The van der Waals surface area contributed by atoms with E-state index in [0.717, 1.165) is 5.56 Å². The van der Waals surface area contributed by atoms with E-state index in [9.17, 15) is 9.60 Å². The molecule has 0 radical (unpaired) electrons. The monoisotopic (exact) mass is 639 g/mol. The van der Waals surface area contributed by atoms with Gasteiger partial charge in [0.2, 0.25) is 0 Å². The van der Waals surface area contributed by atoms with Crippen molar-refractivity contribution in [3.05, 3.63) is 182 Å². The minimum Gasteiger partial charge on any atom is -0.455 e. The van der Waals surface area contributed by atoms with Crippen LogP contribution in [0.15, 0.2) is 186 Å². The lowest BCUT2D eigenvalue weighted by Crippen LogP contribution is -1.91. The first kappa shape index (κ1) is 15.6. The van der Waals surface area contributed by atoms with Gasteiger partial charge in [-0.2, -0.15) is 0 Å². The van der Waals surface area contributed by atoms with Gasteiger partial charge in [-0.15, -0.1) is 0 Å². The number of fused-ring (bicyclic) bond motifs is 6. The van der Waals surface area contributed by atoms with Crippen molar-refractivity contribution < 1.29 is 27.7 Å². The Bertz CT molecular complexity index is 3750. The number of hydrogen-bond donors (Lipinski definition) is 0. The first-order valence-electron chi connectivity index (χ1n) is 24.0. The largest absolute Gasteiger partial charge is 0.455 e. The molecule has 1 aromatic heterocycles. The first-order valence-corrected chi connectivity index (χ1v) is 15.5. The molecule has 0 amide bonds. The van der Waals surface area contributed by atoms with Gasteiger partial charge >= 0.3 is 0 Å². The van der Waals surface area contributed by atoms with E-state index in [4.69, 9.17) is 18.1 Å². The third-order valence-electron chi connectivity index (χ3n) is 8.77. The van der Waals surface area contributed by atoms with Crippen molar-refractivity contribution >= 4 is 54.1 Å². The quantitative estimate of drug-likeness (QED) is 0.138. The summed E-state index contributed by atoms with van der Waals surface area (Å²) in [6, 6.07) is 12.0. The molecule has 10 aromatic rings. The second-order valence-electron chi connectivity index (χ2n) is 11.5. The number of rotatable bonds is 4. The molecule has 9 aromatic carbocycles. The Morgan fingerprint density at radius 2 is 0.918 bits per heavy atom. The zero-order valence-electron chi connectivity index (χ0n) is 42.4. The van der Waals surface area contributed by atoms with E-state index in [1.165, 1.54) is 0 Å². The minimum atomic E-state index is -0.703. The first-order chi connectivity index (χ1) is 31.4. The van der Waals surface area contributed by atoms with Crippen LogP contribution in [-0.4, -0.2) is 0 Å². The summed E-state index contributed by atoms with van der Waals surface area (Å²) in [6.45, 7) is 0. The average molecular weight is 640 g/mol. The molecule has 0 unspecified atom stereocenters. The number of benzene rings is 9. The Balaban J connectivity index is 1.52. The lowest BCUT2D eigenvalue weighted by atomic mass is 9.84. The van der Waals surface area contributed by atoms with Crippen molar-refractivity contribution in [1.29, 1.82) is 0 Å². The van der Waals surface area contributed by atoms with Crippen molar-refractivity contribution in [3.63, 3.8) is 0 Å². The molecule has 0 saturated heterocycles. The fourth-order valence-electron chi connectivity index (χ4n) is 6.62. The van der Waals surface area contributed by atoms with Crippen molar-refractivity contribution in [2.75, 3.05) is 0 Å². The van der Waals surface area contributed by atoms with Crippen LogP contribution in [0, 0.1) is 0 Å². The molecule has 1 nitrogen and oxygen atoms in total. The van der Waals surface area contributed by atoms with Crippen LogP contribution in [-0.2, 0) is 0 Å². The Hall–Kier alpha value is -6.44. The number of furan rings is 1. The smallest absolute Gasteiger partial charge is 0.143 e. The van der Waals surface area contributed by atoms with Gasteiger partial charge in [-0.05, 0) is 83.5 Å². The van der Waals surface area contributed by atoms with Crippen LogP contribution in [0.4, 0.5) is 0 Å². The highest BCUT2D eigenvalue weighted by Gasteiger charge is 2.24. The molecule has 0 N–H and O–H groups in total. The fourth-order valence-corrected chi connectivity index (χ4v) is 6.62. The van der Waals surface area contributed by atoms with E-state index in [-0.39, 0.29) is 71.1 Å². The van der Waals surface area contributed by atoms with Crippen molar-refractivity contribution in [2.45, 2.75) is 0 Å². The Morgan fingerprint density at radius 1 is 0.367 bits per heavy atom. The zero-order valence-corrected chi connectivity index (χ0v) is 25.4. The van der Waals surface area contributed by atoms with E-state index >= 15 is 0 Å². The lowest BCUT2D eigenvalue weighted by Gasteiger charge is -2.18. The van der Waals surface area contributed by atoms with Gasteiger partial charge in [0.05, 0.1) is 23.3 Å². The summed E-state index contributed by atoms with van der Waals surface area (Å²) in [7, 11) is 0. The lowest BCUT2D eigenvalue weighted by molar-refractivity contribution is 0.633. The summed E-state index contributed by atoms with van der Waals surface area (Å²) in [5.74, 6) is -0.342. The molecular weight excluding hydrogens is 593 g/mol. The predicted octanol–water partition coefficient (Wildman–Crippen LogP) is 13.7. The van der Waals surface area contributed by atoms with Crippen LogP contribution in [0.2, 0.25) is 0 Å². The molecule has 10 rings (SSSR count). The minimum absolute atomic E-state index is 0.0653. The molecule has 0 aliphatic rings. The second-order valence-corrected chi connectivity index (χ2v) is 11.5. The summed E-state index contributed by atoms with van der Waals surface area (Å²) in [4.78, 5) is 0. The Morgan fingerprint density at radius 3 is 1.59 bits per heavy atom. The maximum absolute atomic E-state index is 9.91. The summed E-state index contributed by atoms with van der Waals surface area (Å²) in [5.41, 5.74) is 1.35. The highest BCUT2D eigenvalue weighted by molar-refractivity contribution is 6.25. The normalized spacial score (nSPS) is 16.5. The fraction of sp³-hybridized carbons (Fsp3) is 0. The second kappa shape index (κ2) is 11.1. The zero-order chi connectivity index (χ0) is 47.1. The van der Waals surface area contributed by atoms with E-state index in [1.807, 2.05) is 30.3 Å². The average Bonchev–Trinajstić information content (AvgIpc) is 3.69. The van der Waals surface area contributed by atoms with Gasteiger partial charge < -0.3 is 4.42 Å². The summed E-state index contributed by atoms with van der Waals surface area (Å²) >= 11 is 0. The molecule has 0 spiro atoms. The molecule has 0 aliphatic heterocycles. The van der Waals surface area contributed by atoms with Crippen molar-refractivity contribution in [1.82, 2.24) is 0 Å². The van der Waals surface area contributed by atoms with Crippen LogP contribution in [0.5, 0.6) is 0 Å². The molecule has 228 valence electrons. The van der Waals surface area contributed by atoms with E-state index in [0.29, 0.717) is 11.1 Å². The van der Waals surface area contributed by atoms with Crippen LogP contribution < -0.4 is 0 Å². The van der Waals surface area contributed by atoms with E-state index in [2.05, 4.69) is 0 Å².